The first kappa shape index (κ1) is 27.4. The van der Waals surface area contributed by atoms with Crippen molar-refractivity contribution in [2.24, 2.45) is 0 Å². The smallest absolute Gasteiger partial charge is 0.269 e. The second kappa shape index (κ2) is 11.2. The minimum atomic E-state index is -0.387. The van der Waals surface area contributed by atoms with E-state index in [9.17, 15) is 14.9 Å². The summed E-state index contributed by atoms with van der Waals surface area (Å²) in [6.45, 7) is 9.63. The van der Waals surface area contributed by atoms with Gasteiger partial charge in [0.1, 0.15) is 5.65 Å². The molecule has 3 aromatic carbocycles. The minimum absolute atomic E-state index is 0.0515. The van der Waals surface area contributed by atoms with Crippen molar-refractivity contribution < 1.29 is 9.72 Å². The van der Waals surface area contributed by atoms with Crippen LogP contribution in [0.5, 0.6) is 0 Å². The molecule has 0 radical (unpaired) electrons. The first-order valence-electron chi connectivity index (χ1n) is 14.2. The molecule has 1 amide bonds. The number of aryl methyl sites for hydroxylation is 3. The van der Waals surface area contributed by atoms with Crippen molar-refractivity contribution in [1.82, 2.24) is 19.2 Å². The van der Waals surface area contributed by atoms with Crippen LogP contribution >= 0.6 is 0 Å². The number of imidazole rings is 1. The monoisotopic (exact) mass is 559 g/mol. The lowest BCUT2D eigenvalue weighted by Crippen LogP contribution is -2.48. The number of hydrogen-bond acceptors (Lipinski definition) is 5. The Morgan fingerprint density at radius 1 is 0.833 bits per heavy atom. The maximum Gasteiger partial charge on any atom is 0.269 e. The van der Waals surface area contributed by atoms with Gasteiger partial charge in [0, 0.05) is 62.2 Å². The molecule has 0 saturated carbocycles. The van der Waals surface area contributed by atoms with Crippen molar-refractivity contribution >= 4 is 17.2 Å². The van der Waals surface area contributed by atoms with E-state index in [1.807, 2.05) is 42.2 Å². The van der Waals surface area contributed by atoms with Crippen molar-refractivity contribution in [3.8, 4) is 22.4 Å². The molecule has 1 fully saturated rings. The van der Waals surface area contributed by atoms with Gasteiger partial charge in [-0.2, -0.15) is 0 Å². The number of carbonyl (C=O) groups is 1. The normalized spacial score (nSPS) is 13.9. The van der Waals surface area contributed by atoms with E-state index in [-0.39, 0.29) is 16.5 Å². The van der Waals surface area contributed by atoms with Crippen LogP contribution in [0.3, 0.4) is 0 Å². The maximum atomic E-state index is 13.1. The summed E-state index contributed by atoms with van der Waals surface area (Å²) in [5, 5.41) is 11.3. The largest absolute Gasteiger partial charge is 0.336 e. The zero-order valence-electron chi connectivity index (χ0n) is 24.1. The van der Waals surface area contributed by atoms with Gasteiger partial charge >= 0.3 is 0 Å². The number of hydrogen-bond donors (Lipinski definition) is 0. The Labute approximate surface area is 245 Å². The summed E-state index contributed by atoms with van der Waals surface area (Å²) in [7, 11) is 0. The quantitative estimate of drug-likeness (QED) is 0.176. The second-order valence-corrected chi connectivity index (χ2v) is 11.1. The van der Waals surface area contributed by atoms with E-state index in [0.29, 0.717) is 19.6 Å². The van der Waals surface area contributed by atoms with E-state index in [1.165, 1.54) is 28.8 Å². The van der Waals surface area contributed by atoms with Crippen LogP contribution in [0.25, 0.3) is 28.0 Å². The van der Waals surface area contributed by atoms with Gasteiger partial charge in [0.15, 0.2) is 0 Å². The highest BCUT2D eigenvalue weighted by atomic mass is 16.6. The molecule has 0 atom stereocenters. The van der Waals surface area contributed by atoms with E-state index in [0.717, 1.165) is 52.4 Å². The number of fused-ring (bicyclic) bond motifs is 1. The summed E-state index contributed by atoms with van der Waals surface area (Å²) in [5.74, 6) is 0.0641. The molecule has 5 aromatic rings. The van der Waals surface area contributed by atoms with Gasteiger partial charge in [-0.1, -0.05) is 41.5 Å². The summed E-state index contributed by atoms with van der Waals surface area (Å²) < 4.78 is 2.15. The predicted octanol–water partition coefficient (Wildman–Crippen LogP) is 6.46. The van der Waals surface area contributed by atoms with Crippen molar-refractivity contribution in [2.45, 2.75) is 27.3 Å². The third-order valence-corrected chi connectivity index (χ3v) is 8.10. The van der Waals surface area contributed by atoms with Crippen molar-refractivity contribution in [3.05, 3.63) is 123 Å². The number of rotatable bonds is 6. The Kier molecular flexibility index (Phi) is 7.31. The topological polar surface area (TPSA) is 84.0 Å². The third kappa shape index (κ3) is 5.41. The predicted molar refractivity (Wildman–Crippen MR) is 165 cm³/mol. The highest BCUT2D eigenvalue weighted by Crippen LogP contribution is 2.31. The van der Waals surface area contributed by atoms with E-state index < -0.39 is 0 Å². The SMILES string of the molecule is Cc1ccc(C(=O)N2CCN(Cc3c(-c4ccc([N+](=O)[O-])cc4)nc4ccc(-c5cc(C)ccc5C)cn34)CC2)cc1. The van der Waals surface area contributed by atoms with Gasteiger partial charge in [-0.25, -0.2) is 4.98 Å². The number of amides is 1. The van der Waals surface area contributed by atoms with Gasteiger partial charge < -0.3 is 9.30 Å². The number of aromatic nitrogens is 2. The highest BCUT2D eigenvalue weighted by Gasteiger charge is 2.25. The van der Waals surface area contributed by atoms with Crippen molar-refractivity contribution in [1.29, 1.82) is 0 Å². The molecule has 6 rings (SSSR count). The summed E-state index contributed by atoms with van der Waals surface area (Å²) in [6.07, 6.45) is 2.14. The zero-order valence-corrected chi connectivity index (χ0v) is 24.1. The molecule has 8 nitrogen and oxygen atoms in total. The Morgan fingerprint density at radius 2 is 1.50 bits per heavy atom. The highest BCUT2D eigenvalue weighted by molar-refractivity contribution is 5.94. The summed E-state index contributed by atoms with van der Waals surface area (Å²) in [5.41, 5.74) is 10.1. The number of non-ortho nitro benzene ring substituents is 1. The minimum Gasteiger partial charge on any atom is -0.336 e. The average Bonchev–Trinajstić information content (AvgIpc) is 3.36. The molecule has 1 saturated heterocycles. The Balaban J connectivity index is 1.33. The Hall–Kier alpha value is -4.82. The molecule has 1 aliphatic rings. The molecule has 0 spiro atoms. The van der Waals surface area contributed by atoms with Crippen LogP contribution in [0.2, 0.25) is 0 Å². The standard InChI is InChI=1S/C34H33N5O3/c1-23-5-8-27(9-6-23)34(40)37-18-16-36(17-19-37)22-31-33(26-10-13-29(14-11-26)39(41)42)35-32-15-12-28(21-38(31)32)30-20-24(2)4-7-25(30)3/h4-15,20-21H,16-19,22H2,1-3H3. The van der Waals surface area contributed by atoms with Gasteiger partial charge in [-0.3, -0.25) is 19.8 Å². The summed E-state index contributed by atoms with van der Waals surface area (Å²) in [6, 6.07) is 24.9. The molecule has 212 valence electrons. The lowest BCUT2D eigenvalue weighted by Gasteiger charge is -2.34. The van der Waals surface area contributed by atoms with Gasteiger partial charge in [-0.05, 0) is 73.9 Å². The number of nitro groups is 1. The van der Waals surface area contributed by atoms with Crippen molar-refractivity contribution in [3.63, 3.8) is 0 Å². The number of nitro benzene ring substituents is 1. The van der Waals surface area contributed by atoms with Crippen LogP contribution in [0, 0.1) is 30.9 Å². The molecular formula is C34H33N5O3. The molecular weight excluding hydrogens is 526 g/mol. The van der Waals surface area contributed by atoms with Crippen LogP contribution < -0.4 is 0 Å². The van der Waals surface area contributed by atoms with E-state index in [4.69, 9.17) is 4.98 Å². The fourth-order valence-electron chi connectivity index (χ4n) is 5.62. The molecule has 2 aromatic heterocycles. The van der Waals surface area contributed by atoms with Gasteiger partial charge in [-0.15, -0.1) is 0 Å². The van der Waals surface area contributed by atoms with Gasteiger partial charge in [0.2, 0.25) is 0 Å². The zero-order chi connectivity index (χ0) is 29.4. The molecule has 0 bridgehead atoms. The fourth-order valence-corrected chi connectivity index (χ4v) is 5.62. The number of pyridine rings is 1. The van der Waals surface area contributed by atoms with Crippen LogP contribution in [-0.2, 0) is 6.54 Å². The Bertz CT molecular complexity index is 1780. The van der Waals surface area contributed by atoms with Gasteiger partial charge in [0.05, 0.1) is 16.3 Å². The van der Waals surface area contributed by atoms with E-state index in [2.05, 4.69) is 53.6 Å². The van der Waals surface area contributed by atoms with Crippen molar-refractivity contribution in [2.75, 3.05) is 26.2 Å². The number of piperazine rings is 1. The first-order valence-corrected chi connectivity index (χ1v) is 14.2. The molecule has 8 heteroatoms. The molecule has 0 N–H and O–H groups in total. The summed E-state index contributed by atoms with van der Waals surface area (Å²) >= 11 is 0. The molecule has 0 aliphatic carbocycles. The lowest BCUT2D eigenvalue weighted by molar-refractivity contribution is -0.384. The summed E-state index contributed by atoms with van der Waals surface area (Å²) in [4.78, 5) is 33.2. The maximum absolute atomic E-state index is 13.1. The molecule has 42 heavy (non-hydrogen) atoms. The van der Waals surface area contributed by atoms with Crippen LogP contribution in [-0.4, -0.2) is 56.2 Å². The average molecular weight is 560 g/mol. The molecule has 1 aliphatic heterocycles. The van der Waals surface area contributed by atoms with E-state index in [1.54, 1.807) is 12.1 Å². The molecule has 0 unspecified atom stereocenters. The van der Waals surface area contributed by atoms with Crippen LogP contribution in [0.15, 0.2) is 85.1 Å². The van der Waals surface area contributed by atoms with Gasteiger partial charge in [0.25, 0.3) is 11.6 Å². The fraction of sp³-hybridized carbons (Fsp3) is 0.235. The molecule has 3 heterocycles. The lowest BCUT2D eigenvalue weighted by atomic mass is 10.00. The second-order valence-electron chi connectivity index (χ2n) is 11.1. The van der Waals surface area contributed by atoms with Crippen LogP contribution in [0.4, 0.5) is 5.69 Å². The number of nitrogens with zero attached hydrogens (tertiary/aromatic N) is 5. The van der Waals surface area contributed by atoms with E-state index >= 15 is 0 Å². The third-order valence-electron chi connectivity index (χ3n) is 8.10. The first-order chi connectivity index (χ1) is 20.3. The number of carbonyl (C=O) groups excluding carboxylic acids is 1. The Morgan fingerprint density at radius 3 is 2.19 bits per heavy atom. The van der Waals surface area contributed by atoms with Crippen LogP contribution in [0.1, 0.15) is 32.7 Å². The number of benzene rings is 3.